The average Bonchev–Trinajstić information content (AvgIpc) is 2.23. The Labute approximate surface area is 103 Å². The zero-order valence-corrected chi connectivity index (χ0v) is 11.4. The highest BCUT2D eigenvalue weighted by Gasteiger charge is 2.32. The third-order valence-electron chi connectivity index (χ3n) is 2.70. The lowest BCUT2D eigenvalue weighted by Gasteiger charge is -2.27. The fourth-order valence-electron chi connectivity index (χ4n) is 1.56. The number of rotatable bonds is 6. The van der Waals surface area contributed by atoms with E-state index in [1.807, 2.05) is 20.8 Å². The van der Waals surface area contributed by atoms with Crippen LogP contribution in [-0.4, -0.2) is 30.6 Å². The second-order valence-electron chi connectivity index (χ2n) is 4.89. The van der Waals surface area contributed by atoms with Crippen LogP contribution in [0.3, 0.4) is 0 Å². The van der Waals surface area contributed by atoms with Gasteiger partial charge in [0.2, 0.25) is 5.91 Å². The summed E-state index contributed by atoms with van der Waals surface area (Å²) in [6.45, 7) is 7.31. The van der Waals surface area contributed by atoms with Crippen LogP contribution in [0.1, 0.15) is 40.5 Å². The maximum Gasteiger partial charge on any atom is 0.328 e. The third-order valence-corrected chi connectivity index (χ3v) is 2.70. The summed E-state index contributed by atoms with van der Waals surface area (Å²) in [6.07, 6.45) is 1.38. The van der Waals surface area contributed by atoms with Gasteiger partial charge in [0.15, 0.2) is 0 Å². The van der Waals surface area contributed by atoms with E-state index in [1.165, 1.54) is 7.11 Å². The Balaban J connectivity index is 4.67. The highest BCUT2D eigenvalue weighted by molar-refractivity contribution is 5.90. The van der Waals surface area contributed by atoms with Crippen LogP contribution in [0.25, 0.3) is 0 Å². The normalized spacial score (nSPS) is 16.2. The maximum atomic E-state index is 11.9. The second kappa shape index (κ2) is 6.59. The minimum absolute atomic E-state index is 0.0381. The summed E-state index contributed by atoms with van der Waals surface area (Å²) in [7, 11) is 1.30. The van der Waals surface area contributed by atoms with Crippen LogP contribution in [0.15, 0.2) is 0 Å². The predicted molar refractivity (Wildman–Crippen MR) is 66.3 cm³/mol. The number of amides is 1. The van der Waals surface area contributed by atoms with Crippen LogP contribution in [0.2, 0.25) is 0 Å². The van der Waals surface area contributed by atoms with Crippen LogP contribution in [0.4, 0.5) is 0 Å². The van der Waals surface area contributed by atoms with Gasteiger partial charge in [-0.15, -0.1) is 0 Å². The molecule has 3 N–H and O–H groups in total. The Hall–Kier alpha value is -1.10. The molecule has 0 rings (SSSR count). The smallest absolute Gasteiger partial charge is 0.328 e. The van der Waals surface area contributed by atoms with Crippen molar-refractivity contribution in [3.8, 4) is 0 Å². The van der Waals surface area contributed by atoms with Crippen LogP contribution < -0.4 is 11.1 Å². The van der Waals surface area contributed by atoms with Gasteiger partial charge in [0, 0.05) is 0 Å². The van der Waals surface area contributed by atoms with Gasteiger partial charge in [0.25, 0.3) is 0 Å². The van der Waals surface area contributed by atoms with Crippen molar-refractivity contribution in [1.82, 2.24) is 5.32 Å². The lowest BCUT2D eigenvalue weighted by molar-refractivity contribution is -0.147. The quantitative estimate of drug-likeness (QED) is 0.678. The predicted octanol–water partition coefficient (Wildman–Crippen LogP) is 0.818. The highest BCUT2D eigenvalue weighted by Crippen LogP contribution is 2.11. The molecule has 0 aliphatic rings. The molecule has 0 heterocycles. The van der Waals surface area contributed by atoms with Gasteiger partial charge in [-0.2, -0.15) is 0 Å². The fraction of sp³-hybridized carbons (Fsp3) is 0.833. The molecular weight excluding hydrogens is 220 g/mol. The van der Waals surface area contributed by atoms with E-state index in [4.69, 9.17) is 5.73 Å². The Kier molecular flexibility index (Phi) is 6.16. The molecule has 0 aromatic heterocycles. The molecule has 0 saturated carbocycles. The number of methoxy groups -OCH3 is 1. The average molecular weight is 244 g/mol. The number of nitrogens with two attached hydrogens (primary N) is 1. The molecule has 2 unspecified atom stereocenters. The zero-order chi connectivity index (χ0) is 13.6. The first-order chi connectivity index (χ1) is 7.76. The molecule has 0 aromatic rings. The lowest BCUT2D eigenvalue weighted by Crippen LogP contribution is -2.57. The van der Waals surface area contributed by atoms with Gasteiger partial charge in [0.05, 0.1) is 12.6 Å². The third kappa shape index (κ3) is 4.73. The van der Waals surface area contributed by atoms with Gasteiger partial charge in [0.1, 0.15) is 6.04 Å². The van der Waals surface area contributed by atoms with Crippen molar-refractivity contribution in [2.24, 2.45) is 11.7 Å². The molecule has 0 radical (unpaired) electrons. The second-order valence-corrected chi connectivity index (χ2v) is 4.89. The summed E-state index contributed by atoms with van der Waals surface area (Å²) in [5.74, 6) is -0.798. The van der Waals surface area contributed by atoms with E-state index in [1.54, 1.807) is 6.92 Å². The molecule has 0 fully saturated rings. The summed E-state index contributed by atoms with van der Waals surface area (Å²) in [5.41, 5.74) is 4.95. The molecule has 100 valence electrons. The van der Waals surface area contributed by atoms with E-state index in [-0.39, 0.29) is 11.8 Å². The molecule has 5 heteroatoms. The molecule has 0 aliphatic heterocycles. The Morgan fingerprint density at radius 1 is 1.41 bits per heavy atom. The summed E-state index contributed by atoms with van der Waals surface area (Å²) < 4.78 is 4.65. The van der Waals surface area contributed by atoms with E-state index in [2.05, 4.69) is 10.1 Å². The van der Waals surface area contributed by atoms with Crippen molar-refractivity contribution in [3.63, 3.8) is 0 Å². The zero-order valence-electron chi connectivity index (χ0n) is 11.4. The molecule has 0 aliphatic carbocycles. The molecular formula is C12H24N2O3. The number of hydrogen-bond acceptors (Lipinski definition) is 4. The molecule has 2 atom stereocenters. The van der Waals surface area contributed by atoms with Crippen LogP contribution in [-0.2, 0) is 14.3 Å². The number of nitrogens with one attached hydrogen (secondary N) is 1. The number of ether oxygens (including phenoxy) is 1. The van der Waals surface area contributed by atoms with E-state index in [0.717, 1.165) is 6.42 Å². The van der Waals surface area contributed by atoms with Gasteiger partial charge in [-0.3, -0.25) is 4.79 Å². The first-order valence-electron chi connectivity index (χ1n) is 5.94. The first-order valence-corrected chi connectivity index (χ1v) is 5.94. The maximum absolute atomic E-state index is 11.9. The largest absolute Gasteiger partial charge is 0.467 e. The molecule has 17 heavy (non-hydrogen) atoms. The number of carbonyl (C=O) groups excluding carboxylic acids is 2. The van der Waals surface area contributed by atoms with Crippen molar-refractivity contribution < 1.29 is 14.3 Å². The van der Waals surface area contributed by atoms with Gasteiger partial charge in [-0.1, -0.05) is 27.2 Å². The number of esters is 1. The summed E-state index contributed by atoms with van der Waals surface area (Å²) in [5, 5.41) is 2.65. The molecule has 0 aromatic carbocycles. The minimum Gasteiger partial charge on any atom is -0.467 e. The Bertz CT molecular complexity index is 275. The van der Waals surface area contributed by atoms with Gasteiger partial charge >= 0.3 is 5.97 Å². The first kappa shape index (κ1) is 15.9. The summed E-state index contributed by atoms with van der Waals surface area (Å²) >= 11 is 0. The topological polar surface area (TPSA) is 81.4 Å². The Morgan fingerprint density at radius 2 is 1.94 bits per heavy atom. The molecule has 1 amide bonds. The monoisotopic (exact) mass is 244 g/mol. The van der Waals surface area contributed by atoms with E-state index in [0.29, 0.717) is 6.42 Å². The number of hydrogen-bond donors (Lipinski definition) is 2. The van der Waals surface area contributed by atoms with E-state index >= 15 is 0 Å². The van der Waals surface area contributed by atoms with E-state index in [9.17, 15) is 9.59 Å². The van der Waals surface area contributed by atoms with Crippen molar-refractivity contribution in [2.75, 3.05) is 7.11 Å². The molecule has 0 spiro atoms. The van der Waals surface area contributed by atoms with Crippen molar-refractivity contribution in [3.05, 3.63) is 0 Å². The lowest BCUT2D eigenvalue weighted by atomic mass is 9.95. The Morgan fingerprint density at radius 3 is 2.29 bits per heavy atom. The molecule has 0 saturated heterocycles. The van der Waals surface area contributed by atoms with Crippen LogP contribution in [0.5, 0.6) is 0 Å². The minimum atomic E-state index is -0.949. The molecule has 0 bridgehead atoms. The van der Waals surface area contributed by atoms with Crippen molar-refractivity contribution >= 4 is 11.9 Å². The van der Waals surface area contributed by atoms with Crippen molar-refractivity contribution in [1.29, 1.82) is 0 Å². The fourth-order valence-corrected chi connectivity index (χ4v) is 1.56. The van der Waals surface area contributed by atoms with Crippen LogP contribution in [0, 0.1) is 5.92 Å². The highest BCUT2D eigenvalue weighted by atomic mass is 16.5. The molecule has 5 nitrogen and oxygen atoms in total. The van der Waals surface area contributed by atoms with E-state index < -0.39 is 17.6 Å². The standard InChI is InChI=1S/C12H24N2O3/c1-6-7-12(4,13)11(16)14-9(8(2)3)10(15)17-5/h8-9H,6-7,13H2,1-5H3,(H,14,16). The van der Waals surface area contributed by atoms with Crippen LogP contribution >= 0.6 is 0 Å². The van der Waals surface area contributed by atoms with Crippen molar-refractivity contribution in [2.45, 2.75) is 52.1 Å². The van der Waals surface area contributed by atoms with Gasteiger partial charge in [-0.25, -0.2) is 4.79 Å². The van der Waals surface area contributed by atoms with Gasteiger partial charge < -0.3 is 15.8 Å². The summed E-state index contributed by atoms with van der Waals surface area (Å²) in [4.78, 5) is 23.4. The SMILES string of the molecule is CCCC(C)(N)C(=O)NC(C(=O)OC)C(C)C. The summed E-state index contributed by atoms with van der Waals surface area (Å²) in [6, 6.07) is -0.646. The van der Waals surface area contributed by atoms with Gasteiger partial charge in [-0.05, 0) is 19.3 Å². The number of carbonyl (C=O) groups is 2.